The molecule has 126 valence electrons. The third-order valence-electron chi connectivity index (χ3n) is 4.32. The maximum absolute atomic E-state index is 5.94. The van der Waals surface area contributed by atoms with E-state index in [0.717, 1.165) is 38.4 Å². The quantitative estimate of drug-likeness (QED) is 0.810. The van der Waals surface area contributed by atoms with Crippen molar-refractivity contribution < 1.29 is 9.47 Å². The SMILES string of the molecule is COc1ccc(C[C@@H]2CN(C/C=C/c3ccccc3)CCO2)cc1. The third-order valence-corrected chi connectivity index (χ3v) is 4.32. The zero-order chi connectivity index (χ0) is 16.6. The monoisotopic (exact) mass is 323 g/mol. The van der Waals surface area contributed by atoms with E-state index in [1.54, 1.807) is 7.11 Å². The molecule has 0 unspecified atom stereocenters. The minimum Gasteiger partial charge on any atom is -0.497 e. The van der Waals surface area contributed by atoms with E-state index in [0.29, 0.717) is 0 Å². The average Bonchev–Trinajstić information content (AvgIpc) is 2.64. The highest BCUT2D eigenvalue weighted by Crippen LogP contribution is 2.16. The number of ether oxygens (including phenoxy) is 2. The summed E-state index contributed by atoms with van der Waals surface area (Å²) in [6.07, 6.45) is 5.64. The first-order valence-corrected chi connectivity index (χ1v) is 8.52. The summed E-state index contributed by atoms with van der Waals surface area (Å²) in [4.78, 5) is 2.46. The molecule has 0 bridgehead atoms. The lowest BCUT2D eigenvalue weighted by Crippen LogP contribution is -2.43. The van der Waals surface area contributed by atoms with Gasteiger partial charge in [0.1, 0.15) is 5.75 Å². The Morgan fingerprint density at radius 3 is 2.67 bits per heavy atom. The van der Waals surface area contributed by atoms with Gasteiger partial charge >= 0.3 is 0 Å². The molecule has 1 atom stereocenters. The van der Waals surface area contributed by atoms with Gasteiger partial charge in [0.25, 0.3) is 0 Å². The predicted molar refractivity (Wildman–Crippen MR) is 98.4 cm³/mol. The Kier molecular flexibility index (Phi) is 6.05. The number of morpholine rings is 1. The van der Waals surface area contributed by atoms with Gasteiger partial charge in [-0.3, -0.25) is 4.90 Å². The van der Waals surface area contributed by atoms with Crippen LogP contribution < -0.4 is 4.74 Å². The Morgan fingerprint density at radius 1 is 1.12 bits per heavy atom. The van der Waals surface area contributed by atoms with Crippen LogP contribution in [0, 0.1) is 0 Å². The Bertz CT molecular complexity index is 637. The summed E-state index contributed by atoms with van der Waals surface area (Å²) < 4.78 is 11.1. The van der Waals surface area contributed by atoms with Gasteiger partial charge in [-0.15, -0.1) is 0 Å². The lowest BCUT2D eigenvalue weighted by molar-refractivity contribution is -0.0236. The van der Waals surface area contributed by atoms with Gasteiger partial charge in [-0.05, 0) is 29.7 Å². The third kappa shape index (κ3) is 4.95. The van der Waals surface area contributed by atoms with E-state index in [1.807, 2.05) is 18.2 Å². The smallest absolute Gasteiger partial charge is 0.118 e. The van der Waals surface area contributed by atoms with Gasteiger partial charge in [0, 0.05) is 19.6 Å². The largest absolute Gasteiger partial charge is 0.497 e. The van der Waals surface area contributed by atoms with E-state index < -0.39 is 0 Å². The number of nitrogens with zero attached hydrogens (tertiary/aromatic N) is 1. The summed E-state index contributed by atoms with van der Waals surface area (Å²) in [5.74, 6) is 0.899. The molecule has 3 nitrogen and oxygen atoms in total. The fourth-order valence-corrected chi connectivity index (χ4v) is 3.00. The Balaban J connectivity index is 1.49. The van der Waals surface area contributed by atoms with Crippen LogP contribution in [0.2, 0.25) is 0 Å². The first kappa shape index (κ1) is 16.7. The molecule has 1 heterocycles. The van der Waals surface area contributed by atoms with Gasteiger partial charge in [0.05, 0.1) is 19.8 Å². The zero-order valence-electron chi connectivity index (χ0n) is 14.2. The molecule has 0 radical (unpaired) electrons. The maximum atomic E-state index is 5.94. The van der Waals surface area contributed by atoms with Crippen molar-refractivity contribution in [3.63, 3.8) is 0 Å². The van der Waals surface area contributed by atoms with Crippen LogP contribution in [0.15, 0.2) is 60.7 Å². The highest BCUT2D eigenvalue weighted by molar-refractivity contribution is 5.48. The van der Waals surface area contributed by atoms with Crippen LogP contribution in [0.1, 0.15) is 11.1 Å². The molecule has 0 amide bonds. The number of hydrogen-bond donors (Lipinski definition) is 0. The fourth-order valence-electron chi connectivity index (χ4n) is 3.00. The molecule has 1 aliphatic heterocycles. The summed E-state index contributed by atoms with van der Waals surface area (Å²) >= 11 is 0. The van der Waals surface area contributed by atoms with E-state index in [1.165, 1.54) is 11.1 Å². The zero-order valence-corrected chi connectivity index (χ0v) is 14.2. The Morgan fingerprint density at radius 2 is 1.92 bits per heavy atom. The van der Waals surface area contributed by atoms with Gasteiger partial charge in [-0.1, -0.05) is 54.6 Å². The first-order chi connectivity index (χ1) is 11.8. The van der Waals surface area contributed by atoms with Crippen molar-refractivity contribution >= 4 is 6.08 Å². The topological polar surface area (TPSA) is 21.7 Å². The van der Waals surface area contributed by atoms with Crippen molar-refractivity contribution in [1.29, 1.82) is 0 Å². The average molecular weight is 323 g/mol. The molecule has 2 aromatic carbocycles. The highest BCUT2D eigenvalue weighted by atomic mass is 16.5. The standard InChI is InChI=1S/C21H25NO2/c1-23-20-11-9-19(10-12-20)16-21-17-22(14-15-24-21)13-5-8-18-6-3-2-4-7-18/h2-12,21H,13-17H2,1H3/b8-5+/t21-/m1/s1. The number of rotatable bonds is 6. The van der Waals surface area contributed by atoms with Crippen molar-refractivity contribution in [2.24, 2.45) is 0 Å². The van der Waals surface area contributed by atoms with Gasteiger partial charge < -0.3 is 9.47 Å². The van der Waals surface area contributed by atoms with Crippen LogP contribution in [0.25, 0.3) is 6.08 Å². The van der Waals surface area contributed by atoms with Crippen LogP contribution in [-0.4, -0.2) is 44.4 Å². The molecule has 1 fully saturated rings. The van der Waals surface area contributed by atoms with Gasteiger partial charge in [0.15, 0.2) is 0 Å². The van der Waals surface area contributed by atoms with Crippen molar-refractivity contribution in [2.45, 2.75) is 12.5 Å². The van der Waals surface area contributed by atoms with Crippen molar-refractivity contribution in [3.8, 4) is 5.75 Å². The Hall–Kier alpha value is -2.10. The molecule has 0 spiro atoms. The second kappa shape index (κ2) is 8.67. The number of benzene rings is 2. The van der Waals surface area contributed by atoms with Gasteiger partial charge in [-0.25, -0.2) is 0 Å². The molecule has 1 aliphatic rings. The summed E-state index contributed by atoms with van der Waals surface area (Å²) in [5.41, 5.74) is 2.54. The normalized spacial score (nSPS) is 18.8. The summed E-state index contributed by atoms with van der Waals surface area (Å²) in [7, 11) is 1.69. The first-order valence-electron chi connectivity index (χ1n) is 8.52. The molecular weight excluding hydrogens is 298 g/mol. The van der Waals surface area contributed by atoms with Crippen LogP contribution >= 0.6 is 0 Å². The van der Waals surface area contributed by atoms with E-state index >= 15 is 0 Å². The molecule has 0 N–H and O–H groups in total. The van der Waals surface area contributed by atoms with E-state index in [2.05, 4.69) is 53.5 Å². The molecule has 2 aromatic rings. The van der Waals surface area contributed by atoms with E-state index in [-0.39, 0.29) is 6.10 Å². The second-order valence-corrected chi connectivity index (χ2v) is 6.12. The van der Waals surface area contributed by atoms with Crippen LogP contribution in [0.3, 0.4) is 0 Å². The van der Waals surface area contributed by atoms with Crippen molar-refractivity contribution in [1.82, 2.24) is 4.90 Å². The second-order valence-electron chi connectivity index (χ2n) is 6.12. The predicted octanol–water partition coefficient (Wildman–Crippen LogP) is 3.65. The van der Waals surface area contributed by atoms with E-state index in [4.69, 9.17) is 9.47 Å². The minimum atomic E-state index is 0.261. The lowest BCUT2D eigenvalue weighted by atomic mass is 10.1. The van der Waals surface area contributed by atoms with Gasteiger partial charge in [-0.2, -0.15) is 0 Å². The molecule has 24 heavy (non-hydrogen) atoms. The lowest BCUT2D eigenvalue weighted by Gasteiger charge is -2.32. The highest BCUT2D eigenvalue weighted by Gasteiger charge is 2.19. The molecule has 3 heteroatoms. The molecule has 3 rings (SSSR count). The van der Waals surface area contributed by atoms with Gasteiger partial charge in [0.2, 0.25) is 0 Å². The van der Waals surface area contributed by atoms with Crippen LogP contribution in [-0.2, 0) is 11.2 Å². The molecule has 1 saturated heterocycles. The summed E-state index contributed by atoms with van der Waals surface area (Å²) in [6, 6.07) is 18.7. The summed E-state index contributed by atoms with van der Waals surface area (Å²) in [6.45, 7) is 3.75. The minimum absolute atomic E-state index is 0.261. The Labute approximate surface area is 144 Å². The van der Waals surface area contributed by atoms with Crippen LogP contribution in [0.5, 0.6) is 5.75 Å². The number of hydrogen-bond acceptors (Lipinski definition) is 3. The fraction of sp³-hybridized carbons (Fsp3) is 0.333. The molecule has 0 aromatic heterocycles. The number of methoxy groups -OCH3 is 1. The molecular formula is C21H25NO2. The van der Waals surface area contributed by atoms with Crippen molar-refractivity contribution in [3.05, 3.63) is 71.8 Å². The molecule has 0 saturated carbocycles. The summed E-state index contributed by atoms with van der Waals surface area (Å²) in [5, 5.41) is 0. The van der Waals surface area contributed by atoms with Crippen molar-refractivity contribution in [2.75, 3.05) is 33.4 Å². The van der Waals surface area contributed by atoms with E-state index in [9.17, 15) is 0 Å². The maximum Gasteiger partial charge on any atom is 0.118 e. The molecule has 0 aliphatic carbocycles. The van der Waals surface area contributed by atoms with Crippen LogP contribution in [0.4, 0.5) is 0 Å².